The van der Waals surface area contributed by atoms with Gasteiger partial charge in [0.1, 0.15) is 0 Å². The van der Waals surface area contributed by atoms with E-state index in [1.54, 1.807) is 7.11 Å². The fourth-order valence-electron chi connectivity index (χ4n) is 1.67. The molecule has 2 atom stereocenters. The fourth-order valence-corrected chi connectivity index (χ4v) is 1.67. The maximum Gasteiger partial charge on any atom is 0.224 e. The van der Waals surface area contributed by atoms with Crippen LogP contribution in [0.3, 0.4) is 0 Å². The third kappa shape index (κ3) is 4.56. The first-order valence-electron chi connectivity index (χ1n) is 6.67. The van der Waals surface area contributed by atoms with Gasteiger partial charge in [-0.25, -0.2) is 0 Å². The predicted octanol–water partition coefficient (Wildman–Crippen LogP) is 3.18. The lowest BCUT2D eigenvalue weighted by atomic mass is 10.1. The Balaban J connectivity index is 2.82. The highest BCUT2D eigenvalue weighted by Crippen LogP contribution is 2.22. The second-order valence-corrected chi connectivity index (χ2v) is 4.81. The summed E-state index contributed by atoms with van der Waals surface area (Å²) in [5.74, 6) is 0.0214. The molecule has 0 aromatic heterocycles. The lowest BCUT2D eigenvalue weighted by Gasteiger charge is -2.22. The van der Waals surface area contributed by atoms with Crippen LogP contribution in [0.15, 0.2) is 18.2 Å². The Morgan fingerprint density at radius 3 is 2.63 bits per heavy atom. The third-order valence-corrected chi connectivity index (χ3v) is 3.30. The molecule has 4 heteroatoms. The van der Waals surface area contributed by atoms with Crippen molar-refractivity contribution < 1.29 is 9.53 Å². The van der Waals surface area contributed by atoms with Gasteiger partial charge in [-0.3, -0.25) is 4.79 Å². The summed E-state index contributed by atoms with van der Waals surface area (Å²) < 4.78 is 5.30. The predicted molar refractivity (Wildman–Crippen MR) is 79.7 cm³/mol. The summed E-state index contributed by atoms with van der Waals surface area (Å²) >= 11 is 0. The van der Waals surface area contributed by atoms with Gasteiger partial charge in [0.15, 0.2) is 0 Å². The molecule has 0 bridgehead atoms. The van der Waals surface area contributed by atoms with Gasteiger partial charge < -0.3 is 15.4 Å². The number of aryl methyl sites for hydroxylation is 1. The summed E-state index contributed by atoms with van der Waals surface area (Å²) in [7, 11) is 1.70. The Morgan fingerprint density at radius 2 is 2.05 bits per heavy atom. The summed E-state index contributed by atoms with van der Waals surface area (Å²) in [6, 6.07) is 6.07. The highest BCUT2D eigenvalue weighted by Gasteiger charge is 2.12. The van der Waals surface area contributed by atoms with Gasteiger partial charge in [-0.05, 0) is 38.5 Å². The Kier molecular flexibility index (Phi) is 5.83. The second kappa shape index (κ2) is 7.14. The number of carbonyl (C=O) groups is 1. The molecule has 0 fully saturated rings. The Hall–Kier alpha value is -1.55. The van der Waals surface area contributed by atoms with Crippen LogP contribution in [-0.2, 0) is 9.53 Å². The van der Waals surface area contributed by atoms with Crippen LogP contribution in [-0.4, -0.2) is 25.2 Å². The Bertz CT molecular complexity index is 432. The average molecular weight is 264 g/mol. The van der Waals surface area contributed by atoms with E-state index in [0.717, 1.165) is 16.9 Å². The molecule has 4 nitrogen and oxygen atoms in total. The first-order chi connectivity index (χ1) is 8.97. The summed E-state index contributed by atoms with van der Waals surface area (Å²) in [4.78, 5) is 11.4. The van der Waals surface area contributed by atoms with Crippen molar-refractivity contribution in [1.82, 2.24) is 0 Å². The van der Waals surface area contributed by atoms with Crippen molar-refractivity contribution in [3.63, 3.8) is 0 Å². The van der Waals surface area contributed by atoms with Crippen LogP contribution < -0.4 is 10.6 Å². The highest BCUT2D eigenvalue weighted by molar-refractivity contribution is 5.91. The molecule has 0 radical (unpaired) electrons. The van der Waals surface area contributed by atoms with Crippen LogP contribution in [0.2, 0.25) is 0 Å². The minimum Gasteiger partial charge on any atom is -0.380 e. The van der Waals surface area contributed by atoms with Crippen molar-refractivity contribution in [2.75, 3.05) is 17.7 Å². The number of nitrogens with one attached hydrogen (secondary N) is 2. The minimum atomic E-state index is 0.0214. The van der Waals surface area contributed by atoms with E-state index >= 15 is 0 Å². The van der Waals surface area contributed by atoms with E-state index < -0.39 is 0 Å². The number of amides is 1. The molecule has 0 aliphatic carbocycles. The molecular formula is C15H24N2O2. The molecule has 1 aromatic rings. The SMILES string of the molecule is CCC(=O)Nc1ccc(C)c(NC(C)C(C)OC)c1. The van der Waals surface area contributed by atoms with Gasteiger partial charge in [0, 0.05) is 30.9 Å². The first kappa shape index (κ1) is 15.5. The van der Waals surface area contributed by atoms with Crippen molar-refractivity contribution >= 4 is 17.3 Å². The topological polar surface area (TPSA) is 50.4 Å². The summed E-state index contributed by atoms with van der Waals surface area (Å²) in [6.07, 6.45) is 0.599. The zero-order valence-corrected chi connectivity index (χ0v) is 12.4. The maximum atomic E-state index is 11.4. The number of anilines is 2. The maximum absolute atomic E-state index is 11.4. The van der Waals surface area contributed by atoms with Crippen molar-refractivity contribution in [1.29, 1.82) is 0 Å². The lowest BCUT2D eigenvalue weighted by Crippen LogP contribution is -2.30. The molecule has 106 valence electrons. The van der Waals surface area contributed by atoms with E-state index in [0.29, 0.717) is 6.42 Å². The minimum absolute atomic E-state index is 0.0214. The van der Waals surface area contributed by atoms with Crippen LogP contribution in [0, 0.1) is 6.92 Å². The van der Waals surface area contributed by atoms with Gasteiger partial charge in [-0.2, -0.15) is 0 Å². The number of benzene rings is 1. The molecule has 0 saturated heterocycles. The number of rotatable bonds is 6. The number of hydrogen-bond acceptors (Lipinski definition) is 3. The molecule has 0 heterocycles. The van der Waals surface area contributed by atoms with E-state index in [9.17, 15) is 4.79 Å². The van der Waals surface area contributed by atoms with Crippen molar-refractivity contribution in [2.24, 2.45) is 0 Å². The van der Waals surface area contributed by atoms with Gasteiger partial charge in [0.05, 0.1) is 6.10 Å². The molecule has 2 unspecified atom stereocenters. The van der Waals surface area contributed by atoms with Crippen LogP contribution in [0.5, 0.6) is 0 Å². The molecule has 0 aliphatic rings. The Labute approximate surface area is 115 Å². The van der Waals surface area contributed by atoms with Gasteiger partial charge in [-0.1, -0.05) is 13.0 Å². The van der Waals surface area contributed by atoms with Crippen molar-refractivity contribution in [2.45, 2.75) is 46.3 Å². The number of ether oxygens (including phenoxy) is 1. The first-order valence-corrected chi connectivity index (χ1v) is 6.67. The largest absolute Gasteiger partial charge is 0.380 e. The van der Waals surface area contributed by atoms with E-state index in [4.69, 9.17) is 4.74 Å². The van der Waals surface area contributed by atoms with Gasteiger partial charge >= 0.3 is 0 Å². The quantitative estimate of drug-likeness (QED) is 0.829. The lowest BCUT2D eigenvalue weighted by molar-refractivity contribution is -0.115. The number of hydrogen-bond donors (Lipinski definition) is 2. The summed E-state index contributed by atoms with van der Waals surface area (Å²) in [6.45, 7) is 7.98. The highest BCUT2D eigenvalue weighted by atomic mass is 16.5. The molecule has 1 aromatic carbocycles. The van der Waals surface area contributed by atoms with Crippen molar-refractivity contribution in [3.05, 3.63) is 23.8 Å². The van der Waals surface area contributed by atoms with E-state index in [1.807, 2.05) is 39.0 Å². The van der Waals surface area contributed by atoms with Gasteiger partial charge in [-0.15, -0.1) is 0 Å². The zero-order chi connectivity index (χ0) is 14.4. The molecule has 2 N–H and O–H groups in total. The standard InChI is InChI=1S/C15H24N2O2/c1-6-15(18)17-13-8-7-10(2)14(9-13)16-11(3)12(4)19-5/h7-9,11-12,16H,6H2,1-5H3,(H,17,18). The zero-order valence-electron chi connectivity index (χ0n) is 12.4. The average Bonchev–Trinajstić information content (AvgIpc) is 2.41. The molecule has 1 amide bonds. The van der Waals surface area contributed by atoms with Crippen LogP contribution in [0.4, 0.5) is 11.4 Å². The summed E-state index contributed by atoms with van der Waals surface area (Å²) in [5, 5.41) is 6.28. The Morgan fingerprint density at radius 1 is 1.37 bits per heavy atom. The molecule has 0 spiro atoms. The van der Waals surface area contributed by atoms with Crippen molar-refractivity contribution in [3.8, 4) is 0 Å². The molecule has 0 saturated carbocycles. The van der Waals surface area contributed by atoms with Gasteiger partial charge in [0.2, 0.25) is 5.91 Å². The van der Waals surface area contributed by atoms with Crippen LogP contribution in [0.1, 0.15) is 32.8 Å². The van der Waals surface area contributed by atoms with E-state index in [-0.39, 0.29) is 18.1 Å². The van der Waals surface area contributed by atoms with E-state index in [2.05, 4.69) is 17.6 Å². The van der Waals surface area contributed by atoms with Crippen LogP contribution in [0.25, 0.3) is 0 Å². The van der Waals surface area contributed by atoms with E-state index in [1.165, 1.54) is 0 Å². The smallest absolute Gasteiger partial charge is 0.224 e. The molecule has 19 heavy (non-hydrogen) atoms. The molecule has 1 rings (SSSR count). The second-order valence-electron chi connectivity index (χ2n) is 4.81. The van der Waals surface area contributed by atoms with Gasteiger partial charge in [0.25, 0.3) is 0 Å². The fraction of sp³-hybridized carbons (Fsp3) is 0.533. The number of methoxy groups -OCH3 is 1. The normalized spacial score (nSPS) is 13.7. The molecular weight excluding hydrogens is 240 g/mol. The third-order valence-electron chi connectivity index (χ3n) is 3.30. The monoisotopic (exact) mass is 264 g/mol. The molecule has 0 aliphatic heterocycles. The van der Waals surface area contributed by atoms with Crippen LogP contribution >= 0.6 is 0 Å². The number of carbonyl (C=O) groups excluding carboxylic acids is 1. The summed E-state index contributed by atoms with van der Waals surface area (Å²) in [5.41, 5.74) is 2.98.